The highest BCUT2D eigenvalue weighted by Crippen LogP contribution is 2.39. The normalized spacial score (nSPS) is 16.5. The zero-order valence-corrected chi connectivity index (χ0v) is 16.5. The molecule has 24 heavy (non-hydrogen) atoms. The van der Waals surface area contributed by atoms with Gasteiger partial charge in [0.25, 0.3) is 15.9 Å². The molecule has 0 unspecified atom stereocenters. The van der Waals surface area contributed by atoms with E-state index in [-0.39, 0.29) is 10.4 Å². The van der Waals surface area contributed by atoms with Gasteiger partial charge in [0.1, 0.15) is 0 Å². The topological polar surface area (TPSA) is 76.1 Å². The fourth-order valence-corrected chi connectivity index (χ4v) is 5.55. The lowest BCUT2D eigenvalue weighted by Gasteiger charge is -2.29. The van der Waals surface area contributed by atoms with Crippen molar-refractivity contribution < 1.29 is 13.2 Å². The second-order valence-corrected chi connectivity index (χ2v) is 10.1. The highest BCUT2D eigenvalue weighted by molar-refractivity contribution is 9.10. The van der Waals surface area contributed by atoms with Crippen LogP contribution in [0.2, 0.25) is 0 Å². The number of sulfonamides is 1. The molecule has 1 aliphatic carbocycles. The summed E-state index contributed by atoms with van der Waals surface area (Å²) in [6, 6.07) is 2.99. The van der Waals surface area contributed by atoms with Gasteiger partial charge in [-0.15, -0.1) is 11.3 Å². The van der Waals surface area contributed by atoms with Crippen molar-refractivity contribution in [1.29, 1.82) is 0 Å². The van der Waals surface area contributed by atoms with E-state index >= 15 is 0 Å². The average Bonchev–Trinajstić information content (AvgIpc) is 2.88. The van der Waals surface area contributed by atoms with Crippen LogP contribution in [0.5, 0.6) is 0 Å². The molecule has 0 saturated heterocycles. The molecule has 128 valence electrons. The number of thiophene rings is 1. The summed E-state index contributed by atoms with van der Waals surface area (Å²) in [7, 11) is -3.99. The van der Waals surface area contributed by atoms with Crippen LogP contribution in [-0.2, 0) is 22.9 Å². The van der Waals surface area contributed by atoms with Crippen molar-refractivity contribution in [3.05, 3.63) is 44.2 Å². The summed E-state index contributed by atoms with van der Waals surface area (Å²) in [5.74, 6) is -0.589. The zero-order chi connectivity index (χ0) is 17.5. The van der Waals surface area contributed by atoms with Crippen molar-refractivity contribution in [1.82, 2.24) is 9.71 Å². The van der Waals surface area contributed by atoms with Crippen LogP contribution in [-0.4, -0.2) is 19.3 Å². The van der Waals surface area contributed by atoms with Crippen molar-refractivity contribution >= 4 is 43.2 Å². The number of fused-ring (bicyclic) bond motifs is 1. The molecule has 5 nitrogen and oxygen atoms in total. The summed E-state index contributed by atoms with van der Waals surface area (Å²) in [5, 5.41) is 1.57. The summed E-state index contributed by atoms with van der Waals surface area (Å²) in [6.07, 6.45) is 4.07. The second-order valence-electron chi connectivity index (χ2n) is 6.64. The van der Waals surface area contributed by atoms with Gasteiger partial charge in [0.2, 0.25) is 0 Å². The summed E-state index contributed by atoms with van der Waals surface area (Å²) in [5.41, 5.74) is 1.66. The quantitative estimate of drug-likeness (QED) is 0.810. The first-order valence-corrected chi connectivity index (χ1v) is 10.6. The molecule has 1 amide bonds. The molecule has 1 N–H and O–H groups in total. The molecule has 8 heteroatoms. The number of rotatable bonds is 3. The van der Waals surface area contributed by atoms with E-state index in [1.807, 2.05) is 0 Å². The molecular weight excluding hydrogens is 412 g/mol. The van der Waals surface area contributed by atoms with E-state index in [0.29, 0.717) is 10.0 Å². The second kappa shape index (κ2) is 6.24. The molecule has 0 spiro atoms. The van der Waals surface area contributed by atoms with Crippen LogP contribution < -0.4 is 4.72 Å². The van der Waals surface area contributed by atoms with E-state index in [9.17, 15) is 13.2 Å². The highest BCUT2D eigenvalue weighted by Gasteiger charge is 2.31. The van der Waals surface area contributed by atoms with Crippen LogP contribution in [0.1, 0.15) is 41.1 Å². The number of amides is 1. The molecule has 1 aliphatic rings. The van der Waals surface area contributed by atoms with Gasteiger partial charge >= 0.3 is 0 Å². The summed E-state index contributed by atoms with van der Waals surface area (Å²) in [4.78, 5) is 17.5. The average molecular weight is 429 g/mol. The minimum Gasteiger partial charge on any atom is -0.268 e. The van der Waals surface area contributed by atoms with Crippen LogP contribution in [0.4, 0.5) is 0 Å². The van der Waals surface area contributed by atoms with E-state index in [1.165, 1.54) is 28.5 Å². The van der Waals surface area contributed by atoms with Gasteiger partial charge in [-0.3, -0.25) is 4.79 Å². The fraction of sp³-hybridized carbons (Fsp3) is 0.375. The Morgan fingerprint density at radius 2 is 2.17 bits per heavy atom. The number of hydrogen-bond acceptors (Lipinski definition) is 5. The van der Waals surface area contributed by atoms with Crippen molar-refractivity contribution in [2.75, 3.05) is 0 Å². The number of nitrogens with zero attached hydrogens (tertiary/aromatic N) is 1. The Bertz CT molecular complexity index is 904. The van der Waals surface area contributed by atoms with Crippen molar-refractivity contribution in [2.24, 2.45) is 5.41 Å². The number of halogens is 1. The maximum Gasteiger partial charge on any atom is 0.281 e. The fourth-order valence-electron chi connectivity index (χ4n) is 2.78. The van der Waals surface area contributed by atoms with E-state index in [1.54, 1.807) is 11.4 Å². The van der Waals surface area contributed by atoms with Gasteiger partial charge in [-0.25, -0.2) is 9.71 Å². The van der Waals surface area contributed by atoms with Gasteiger partial charge in [0.05, 0.1) is 5.56 Å². The Morgan fingerprint density at radius 1 is 1.42 bits per heavy atom. The van der Waals surface area contributed by atoms with E-state index in [0.717, 1.165) is 24.8 Å². The number of carbonyl (C=O) groups excluding carboxylic acids is 1. The zero-order valence-electron chi connectivity index (χ0n) is 13.3. The van der Waals surface area contributed by atoms with Gasteiger partial charge in [0, 0.05) is 20.9 Å². The molecule has 0 aliphatic heterocycles. The van der Waals surface area contributed by atoms with Crippen molar-refractivity contribution in [3.8, 4) is 0 Å². The predicted molar refractivity (Wildman–Crippen MR) is 96.7 cm³/mol. The molecule has 2 heterocycles. The van der Waals surface area contributed by atoms with Crippen LogP contribution in [0.15, 0.2) is 33.2 Å². The Morgan fingerprint density at radius 3 is 2.88 bits per heavy atom. The number of hydrogen-bond donors (Lipinski definition) is 1. The van der Waals surface area contributed by atoms with Gasteiger partial charge < -0.3 is 0 Å². The highest BCUT2D eigenvalue weighted by atomic mass is 79.9. The van der Waals surface area contributed by atoms with Crippen LogP contribution in [0.25, 0.3) is 0 Å². The van der Waals surface area contributed by atoms with Crippen LogP contribution in [0, 0.1) is 5.41 Å². The third kappa shape index (κ3) is 3.55. The summed E-state index contributed by atoms with van der Waals surface area (Å²) < 4.78 is 27.4. The Kier molecular flexibility index (Phi) is 4.57. The first-order chi connectivity index (χ1) is 11.2. The molecule has 0 bridgehead atoms. The third-order valence-electron chi connectivity index (χ3n) is 4.12. The first kappa shape index (κ1) is 17.6. The molecule has 3 rings (SSSR count). The maximum absolute atomic E-state index is 12.5. The Labute approximate surface area is 153 Å². The van der Waals surface area contributed by atoms with Gasteiger partial charge in [-0.1, -0.05) is 29.8 Å². The minimum absolute atomic E-state index is 0.185. The lowest BCUT2D eigenvalue weighted by atomic mass is 9.77. The van der Waals surface area contributed by atoms with E-state index in [2.05, 4.69) is 39.5 Å². The monoisotopic (exact) mass is 428 g/mol. The molecule has 0 aromatic carbocycles. The Balaban J connectivity index is 1.85. The molecule has 0 radical (unpaired) electrons. The largest absolute Gasteiger partial charge is 0.281 e. The van der Waals surface area contributed by atoms with Crippen molar-refractivity contribution in [2.45, 2.75) is 38.1 Å². The molecule has 0 fully saturated rings. The number of carbonyl (C=O) groups is 1. The van der Waals surface area contributed by atoms with E-state index in [4.69, 9.17) is 0 Å². The van der Waals surface area contributed by atoms with Crippen molar-refractivity contribution in [3.63, 3.8) is 0 Å². The lowest BCUT2D eigenvalue weighted by molar-refractivity contribution is 0.0980. The molecule has 0 saturated carbocycles. The number of pyridine rings is 1. The number of nitrogens with one attached hydrogen (secondary N) is 1. The SMILES string of the molecule is CC1(C)CCc2c(C(=O)NS(=O)(=O)c3cc(Br)ccn3)csc2C1. The lowest BCUT2D eigenvalue weighted by Crippen LogP contribution is -2.32. The summed E-state index contributed by atoms with van der Waals surface area (Å²) >= 11 is 4.73. The summed E-state index contributed by atoms with van der Waals surface area (Å²) in [6.45, 7) is 4.41. The standard InChI is InChI=1S/C16H17BrN2O3S2/c1-16(2)5-3-11-12(9-23-13(11)8-16)15(20)19-24(21,22)14-7-10(17)4-6-18-14/h4,6-7,9H,3,5,8H2,1-2H3,(H,19,20). The predicted octanol–water partition coefficient (Wildman–Crippen LogP) is 3.54. The molecule has 0 atom stereocenters. The molecule has 2 aromatic heterocycles. The van der Waals surface area contributed by atoms with Gasteiger partial charge in [-0.05, 0) is 42.4 Å². The van der Waals surface area contributed by atoms with Gasteiger partial charge in [0.15, 0.2) is 5.03 Å². The minimum atomic E-state index is -3.99. The van der Waals surface area contributed by atoms with Crippen LogP contribution >= 0.6 is 27.3 Å². The van der Waals surface area contributed by atoms with E-state index < -0.39 is 15.9 Å². The molecule has 2 aromatic rings. The van der Waals surface area contributed by atoms with Gasteiger partial charge in [-0.2, -0.15) is 8.42 Å². The molecular formula is C16H17BrN2O3S2. The third-order valence-corrected chi connectivity index (χ3v) is 6.87. The number of aromatic nitrogens is 1. The smallest absolute Gasteiger partial charge is 0.268 e. The Hall–Kier alpha value is -1.25. The van der Waals surface area contributed by atoms with Crippen LogP contribution in [0.3, 0.4) is 0 Å². The first-order valence-electron chi connectivity index (χ1n) is 7.46. The maximum atomic E-state index is 12.5.